The number of primary sulfonamides is 1. The lowest BCUT2D eigenvalue weighted by atomic mass is 10.3. The maximum Gasteiger partial charge on any atom is 0.387 e. The first-order valence-corrected chi connectivity index (χ1v) is 9.21. The van der Waals surface area contributed by atoms with Gasteiger partial charge in [0.1, 0.15) is 11.4 Å². The van der Waals surface area contributed by atoms with Crippen LogP contribution >= 0.6 is 12.2 Å². The number of hydrazine groups is 1. The average molecular weight is 433 g/mol. The maximum absolute atomic E-state index is 12.1. The zero-order chi connectivity index (χ0) is 20.9. The van der Waals surface area contributed by atoms with Crippen LogP contribution in [-0.4, -0.2) is 25.1 Å². The van der Waals surface area contributed by atoms with Crippen LogP contribution in [0.15, 0.2) is 47.4 Å². The van der Waals surface area contributed by atoms with Crippen LogP contribution in [0.4, 0.5) is 25.8 Å². The molecule has 0 bridgehead atoms. The maximum atomic E-state index is 12.1. The summed E-state index contributed by atoms with van der Waals surface area (Å²) in [7, 11) is -4.11. The van der Waals surface area contributed by atoms with Gasteiger partial charge in [0.25, 0.3) is 5.69 Å². The van der Waals surface area contributed by atoms with Crippen molar-refractivity contribution in [2.45, 2.75) is 11.5 Å². The summed E-state index contributed by atoms with van der Waals surface area (Å²) < 4.78 is 51.0. The fourth-order valence-corrected chi connectivity index (χ4v) is 2.65. The highest BCUT2D eigenvalue weighted by Gasteiger charge is 2.19. The minimum atomic E-state index is -4.11. The van der Waals surface area contributed by atoms with Gasteiger partial charge in [-0.15, -0.1) is 0 Å². The Hall–Kier alpha value is -3.10. The number of nitrogens with two attached hydrogens (primary N) is 1. The van der Waals surface area contributed by atoms with Crippen LogP contribution in [0.1, 0.15) is 0 Å². The Morgan fingerprint density at radius 2 is 1.86 bits per heavy atom. The molecule has 0 aliphatic rings. The second-order valence-electron chi connectivity index (χ2n) is 5.09. The predicted octanol–water partition coefficient (Wildman–Crippen LogP) is 2.16. The zero-order valence-corrected chi connectivity index (χ0v) is 15.4. The van der Waals surface area contributed by atoms with Gasteiger partial charge in [0.15, 0.2) is 5.11 Å². The van der Waals surface area contributed by atoms with Crippen LogP contribution < -0.4 is 26.0 Å². The molecule has 2 aromatic carbocycles. The molecule has 0 amide bonds. The van der Waals surface area contributed by atoms with E-state index in [1.807, 2.05) is 0 Å². The van der Waals surface area contributed by atoms with Crippen molar-refractivity contribution in [1.82, 2.24) is 5.43 Å². The number of anilines is 2. The van der Waals surface area contributed by atoms with E-state index in [4.69, 9.17) is 17.4 Å². The number of thiocarbonyl (C=S) groups is 1. The van der Waals surface area contributed by atoms with Gasteiger partial charge in [0.2, 0.25) is 10.0 Å². The molecule has 0 spiro atoms. The van der Waals surface area contributed by atoms with Crippen LogP contribution in [0.5, 0.6) is 5.75 Å². The first-order chi connectivity index (χ1) is 13.1. The third kappa shape index (κ3) is 5.97. The molecule has 0 radical (unpaired) electrons. The molecule has 28 heavy (non-hydrogen) atoms. The molecular weight excluding hydrogens is 420 g/mol. The molecular formula is C14H13F2N5O5S2. The molecule has 10 nitrogen and oxygen atoms in total. The highest BCUT2D eigenvalue weighted by atomic mass is 32.2. The van der Waals surface area contributed by atoms with E-state index in [0.29, 0.717) is 5.69 Å². The fourth-order valence-electron chi connectivity index (χ4n) is 1.95. The van der Waals surface area contributed by atoms with Gasteiger partial charge in [-0.2, -0.15) is 8.78 Å². The molecule has 0 aromatic heterocycles. The number of hydrogen-bond donors (Lipinski definition) is 4. The van der Waals surface area contributed by atoms with Crippen molar-refractivity contribution in [1.29, 1.82) is 0 Å². The summed E-state index contributed by atoms with van der Waals surface area (Å²) >= 11 is 5.01. The van der Waals surface area contributed by atoms with E-state index in [1.165, 1.54) is 24.3 Å². The molecule has 14 heteroatoms. The van der Waals surface area contributed by atoms with Gasteiger partial charge in [-0.05, 0) is 48.6 Å². The SMILES string of the molecule is NS(=O)(=O)c1ccc(NNC(=S)Nc2ccc(OC(F)F)cc2)c([N+](=O)[O-])c1. The number of nitrogens with one attached hydrogen (secondary N) is 3. The number of rotatable bonds is 7. The number of halogens is 2. The van der Waals surface area contributed by atoms with Gasteiger partial charge in [0.05, 0.1) is 9.82 Å². The van der Waals surface area contributed by atoms with E-state index in [9.17, 15) is 27.3 Å². The second kappa shape index (κ2) is 8.73. The third-order valence-corrected chi connectivity index (χ3v) is 4.26. The number of nitro groups is 1. The van der Waals surface area contributed by atoms with Gasteiger partial charge in [0, 0.05) is 11.8 Å². The number of sulfonamides is 1. The Kier molecular flexibility index (Phi) is 6.61. The predicted molar refractivity (Wildman–Crippen MR) is 101 cm³/mol. The average Bonchev–Trinajstić information content (AvgIpc) is 2.60. The lowest BCUT2D eigenvalue weighted by Gasteiger charge is -2.13. The largest absolute Gasteiger partial charge is 0.435 e. The number of ether oxygens (including phenoxy) is 1. The summed E-state index contributed by atoms with van der Waals surface area (Å²) in [5.74, 6) is -0.0388. The monoisotopic (exact) mass is 433 g/mol. The summed E-state index contributed by atoms with van der Waals surface area (Å²) in [5, 5.41) is 18.8. The first kappa shape index (κ1) is 21.2. The number of hydrogen-bond acceptors (Lipinski definition) is 7. The van der Waals surface area contributed by atoms with Gasteiger partial charge in [-0.3, -0.25) is 21.0 Å². The Morgan fingerprint density at radius 1 is 1.21 bits per heavy atom. The lowest BCUT2D eigenvalue weighted by Crippen LogP contribution is -2.33. The minimum absolute atomic E-state index is 0.00708. The highest BCUT2D eigenvalue weighted by Crippen LogP contribution is 2.26. The molecule has 0 saturated carbocycles. The normalized spacial score (nSPS) is 11.0. The smallest absolute Gasteiger partial charge is 0.387 e. The van der Waals surface area contributed by atoms with E-state index in [0.717, 1.165) is 18.2 Å². The summed E-state index contributed by atoms with van der Waals surface area (Å²) in [5.41, 5.74) is 4.77. The molecule has 0 aliphatic carbocycles. The Morgan fingerprint density at radius 3 is 2.39 bits per heavy atom. The van der Waals surface area contributed by atoms with Crippen molar-refractivity contribution in [2.75, 3.05) is 10.7 Å². The molecule has 0 unspecified atom stereocenters. The van der Waals surface area contributed by atoms with E-state index < -0.39 is 32.1 Å². The summed E-state index contributed by atoms with van der Waals surface area (Å²) in [6.07, 6.45) is 0. The molecule has 0 saturated heterocycles. The molecule has 2 rings (SSSR count). The Balaban J connectivity index is 2.03. The highest BCUT2D eigenvalue weighted by molar-refractivity contribution is 7.89. The van der Waals surface area contributed by atoms with Crippen LogP contribution in [0.3, 0.4) is 0 Å². The van der Waals surface area contributed by atoms with Crippen LogP contribution in [0.25, 0.3) is 0 Å². The third-order valence-electron chi connectivity index (χ3n) is 3.14. The van der Waals surface area contributed by atoms with Crippen molar-refractivity contribution < 1.29 is 26.9 Å². The van der Waals surface area contributed by atoms with Crippen LogP contribution in [0.2, 0.25) is 0 Å². The van der Waals surface area contributed by atoms with Gasteiger partial charge >= 0.3 is 6.61 Å². The first-order valence-electron chi connectivity index (χ1n) is 7.25. The number of benzene rings is 2. The molecule has 2 aromatic rings. The van der Waals surface area contributed by atoms with E-state index in [2.05, 4.69) is 20.9 Å². The van der Waals surface area contributed by atoms with E-state index >= 15 is 0 Å². The fraction of sp³-hybridized carbons (Fsp3) is 0.0714. The molecule has 0 aliphatic heterocycles. The van der Waals surface area contributed by atoms with Gasteiger partial charge in [-0.25, -0.2) is 13.6 Å². The van der Waals surface area contributed by atoms with E-state index in [1.54, 1.807) is 0 Å². The number of nitrogens with zero attached hydrogens (tertiary/aromatic N) is 1. The van der Waals surface area contributed by atoms with E-state index in [-0.39, 0.29) is 16.5 Å². The Bertz CT molecular complexity index is 986. The van der Waals surface area contributed by atoms with Crippen molar-refractivity contribution in [3.63, 3.8) is 0 Å². The number of alkyl halides is 2. The summed E-state index contributed by atoms with van der Waals surface area (Å²) in [6.45, 7) is -2.94. The molecule has 0 heterocycles. The topological polar surface area (TPSA) is 149 Å². The Labute approximate surface area is 162 Å². The number of nitro benzene ring substituents is 1. The quantitative estimate of drug-likeness (QED) is 0.293. The lowest BCUT2D eigenvalue weighted by molar-refractivity contribution is -0.384. The summed E-state index contributed by atoms with van der Waals surface area (Å²) in [6, 6.07) is 8.47. The molecule has 0 fully saturated rings. The van der Waals surface area contributed by atoms with Crippen molar-refractivity contribution in [3.8, 4) is 5.75 Å². The molecule has 150 valence electrons. The zero-order valence-electron chi connectivity index (χ0n) is 13.8. The summed E-state index contributed by atoms with van der Waals surface area (Å²) in [4.78, 5) is 9.92. The van der Waals surface area contributed by atoms with Gasteiger partial charge < -0.3 is 10.1 Å². The minimum Gasteiger partial charge on any atom is -0.435 e. The van der Waals surface area contributed by atoms with Crippen LogP contribution in [-0.2, 0) is 10.0 Å². The van der Waals surface area contributed by atoms with Crippen molar-refractivity contribution in [2.24, 2.45) is 5.14 Å². The molecule has 0 atom stereocenters. The van der Waals surface area contributed by atoms with Gasteiger partial charge in [-0.1, -0.05) is 0 Å². The standard InChI is InChI=1S/C14H13F2N5O5S2/c15-13(16)26-9-3-1-8(2-4-9)18-14(27)20-19-11-6-5-10(28(17,24)25)7-12(11)21(22)23/h1-7,13,19H,(H2,17,24,25)(H2,18,20,27). The second-order valence-corrected chi connectivity index (χ2v) is 7.06. The van der Waals surface area contributed by atoms with Crippen molar-refractivity contribution in [3.05, 3.63) is 52.6 Å². The molecule has 5 N–H and O–H groups in total. The van der Waals surface area contributed by atoms with Crippen molar-refractivity contribution >= 4 is 44.4 Å². The van der Waals surface area contributed by atoms with Crippen LogP contribution in [0, 0.1) is 10.1 Å².